The molecule has 0 aromatic rings. The van der Waals surface area contributed by atoms with E-state index >= 15 is 0 Å². The minimum atomic E-state index is -1.26. The van der Waals surface area contributed by atoms with Gasteiger partial charge in [0.05, 0.1) is 23.3 Å². The van der Waals surface area contributed by atoms with Crippen LogP contribution in [0.15, 0.2) is 58.6 Å². The number of hydrogen-bond donors (Lipinski definition) is 2. The lowest BCUT2D eigenvalue weighted by Crippen LogP contribution is -2.48. The van der Waals surface area contributed by atoms with Crippen LogP contribution in [0.1, 0.15) is 93.4 Å². The number of hydrogen-bond acceptors (Lipinski definition) is 5. The molecule has 2 aliphatic rings. The summed E-state index contributed by atoms with van der Waals surface area (Å²) in [6.45, 7) is 21.5. The maximum absolute atomic E-state index is 14.7. The molecule has 0 aromatic heterocycles. The van der Waals surface area contributed by atoms with Crippen LogP contribution in [0.2, 0.25) is 0 Å². The highest BCUT2D eigenvalue weighted by Gasteiger charge is 2.56. The van der Waals surface area contributed by atoms with E-state index in [1.54, 1.807) is 13.8 Å². The highest BCUT2D eigenvalue weighted by Crippen LogP contribution is 2.54. The van der Waals surface area contributed by atoms with E-state index in [2.05, 4.69) is 13.2 Å². The first kappa shape index (κ1) is 31.3. The van der Waals surface area contributed by atoms with Crippen LogP contribution in [0.25, 0.3) is 0 Å². The van der Waals surface area contributed by atoms with E-state index in [9.17, 15) is 24.6 Å². The Morgan fingerprint density at radius 1 is 1.13 bits per heavy atom. The number of Topliss-reactive ketones (excluding diaryl/α,β-unsaturated/α-hetero) is 2. The fourth-order valence-electron chi connectivity index (χ4n) is 5.56. The van der Waals surface area contributed by atoms with Crippen molar-refractivity contribution in [3.63, 3.8) is 0 Å². The molecule has 5 atom stereocenters. The van der Waals surface area contributed by atoms with Crippen molar-refractivity contribution in [2.75, 3.05) is 0 Å². The Balaban J connectivity index is 2.92. The van der Waals surface area contributed by atoms with Gasteiger partial charge in [0.1, 0.15) is 17.6 Å². The summed E-state index contributed by atoms with van der Waals surface area (Å²) in [5.41, 5.74) is 1.78. The molecule has 0 saturated heterocycles. The summed E-state index contributed by atoms with van der Waals surface area (Å²) < 4.78 is 6.39. The molecule has 6 nitrogen and oxygen atoms in total. The topological polar surface area (TPSA) is 101 Å². The van der Waals surface area contributed by atoms with Gasteiger partial charge >= 0.3 is 5.97 Å². The minimum absolute atomic E-state index is 0.0409. The minimum Gasteiger partial charge on any atom is -0.507 e. The lowest BCUT2D eigenvalue weighted by Gasteiger charge is -2.45. The van der Waals surface area contributed by atoms with Gasteiger partial charge in [-0.05, 0) is 72.6 Å². The number of rotatable bonds is 13. The average molecular weight is 527 g/mol. The van der Waals surface area contributed by atoms with Gasteiger partial charge in [0.25, 0.3) is 0 Å². The van der Waals surface area contributed by atoms with Gasteiger partial charge in [-0.3, -0.25) is 14.4 Å². The summed E-state index contributed by atoms with van der Waals surface area (Å²) in [6.07, 6.45) is 4.33. The molecule has 0 fully saturated rings. The SMILES string of the molecule is C=C(C)CCC(CC1(CC=C(C)C)C(=O)C(C(CCC)CC(=O)O)=C(O)C2=C1OC(C)C(C)C2=O)C(=C)C. The van der Waals surface area contributed by atoms with E-state index < -0.39 is 35.1 Å². The van der Waals surface area contributed by atoms with Gasteiger partial charge in [-0.2, -0.15) is 0 Å². The van der Waals surface area contributed by atoms with Crippen LogP contribution in [0.5, 0.6) is 0 Å². The summed E-state index contributed by atoms with van der Waals surface area (Å²) in [5, 5.41) is 21.2. The highest BCUT2D eigenvalue weighted by molar-refractivity contribution is 6.12. The lowest BCUT2D eigenvalue weighted by atomic mass is 9.61. The monoisotopic (exact) mass is 526 g/mol. The summed E-state index contributed by atoms with van der Waals surface area (Å²) in [6, 6.07) is 0. The molecule has 1 heterocycles. The van der Waals surface area contributed by atoms with Crippen molar-refractivity contribution in [2.45, 2.75) is 99.5 Å². The van der Waals surface area contributed by atoms with E-state index in [4.69, 9.17) is 4.74 Å². The quantitative estimate of drug-likeness (QED) is 0.242. The van der Waals surface area contributed by atoms with Crippen LogP contribution in [0.3, 0.4) is 0 Å². The standard InChI is InChI=1S/C32H46O6/c1-10-11-23(16-25(33)34)26-29(36)27-28(35)21(8)22(9)38-31(27)32(30(26)37,15-14-19(4)5)17-24(20(6)7)13-12-18(2)3/h14,21-24,36H,2,6,10-13,15-17H2,1,3-5,7-9H3,(H,33,34). The Morgan fingerprint density at radius 2 is 1.76 bits per heavy atom. The molecule has 5 unspecified atom stereocenters. The first-order valence-corrected chi connectivity index (χ1v) is 13.8. The summed E-state index contributed by atoms with van der Waals surface area (Å²) >= 11 is 0. The summed E-state index contributed by atoms with van der Waals surface area (Å²) in [7, 11) is 0. The number of carboxylic acid groups (broad SMARTS) is 1. The van der Waals surface area contributed by atoms with Crippen LogP contribution in [-0.2, 0) is 19.1 Å². The first-order chi connectivity index (χ1) is 17.7. The molecule has 0 amide bonds. The van der Waals surface area contributed by atoms with Gasteiger partial charge in [-0.15, -0.1) is 6.58 Å². The third kappa shape index (κ3) is 6.57. The van der Waals surface area contributed by atoms with Gasteiger partial charge in [-0.25, -0.2) is 0 Å². The second-order valence-corrected chi connectivity index (χ2v) is 11.7. The zero-order valence-corrected chi connectivity index (χ0v) is 24.3. The van der Waals surface area contributed by atoms with Crippen LogP contribution in [-0.4, -0.2) is 33.9 Å². The van der Waals surface area contributed by atoms with Crippen molar-refractivity contribution in [3.05, 3.63) is 58.6 Å². The van der Waals surface area contributed by atoms with E-state index in [1.165, 1.54) is 0 Å². The Hall–Kier alpha value is -2.89. The molecule has 0 radical (unpaired) electrons. The number of aliphatic carboxylic acids is 1. The van der Waals surface area contributed by atoms with Crippen molar-refractivity contribution in [2.24, 2.45) is 23.2 Å². The highest BCUT2D eigenvalue weighted by atomic mass is 16.5. The van der Waals surface area contributed by atoms with E-state index in [-0.39, 0.29) is 47.2 Å². The molecule has 1 aliphatic heterocycles. The van der Waals surface area contributed by atoms with Gasteiger partial charge in [0, 0.05) is 11.5 Å². The number of carbonyl (C=O) groups excluding carboxylic acids is 2. The van der Waals surface area contributed by atoms with Gasteiger partial charge in [0.2, 0.25) is 0 Å². The molecule has 6 heteroatoms. The van der Waals surface area contributed by atoms with Crippen molar-refractivity contribution in [3.8, 4) is 0 Å². The second kappa shape index (κ2) is 12.8. The molecular weight excluding hydrogens is 480 g/mol. The predicted molar refractivity (Wildman–Crippen MR) is 151 cm³/mol. The van der Waals surface area contributed by atoms with Gasteiger partial charge in [-0.1, -0.05) is 49.6 Å². The summed E-state index contributed by atoms with van der Waals surface area (Å²) in [5.74, 6) is -3.17. The number of aliphatic hydroxyl groups is 1. The zero-order chi connectivity index (χ0) is 28.9. The third-order valence-electron chi connectivity index (χ3n) is 8.04. The van der Waals surface area contributed by atoms with Crippen LogP contribution in [0, 0.1) is 23.2 Å². The Kier molecular flexibility index (Phi) is 10.5. The predicted octanol–water partition coefficient (Wildman–Crippen LogP) is 7.43. The first-order valence-electron chi connectivity index (χ1n) is 13.8. The van der Waals surface area contributed by atoms with E-state index in [0.717, 1.165) is 29.6 Å². The molecule has 38 heavy (non-hydrogen) atoms. The molecule has 210 valence electrons. The largest absolute Gasteiger partial charge is 0.507 e. The maximum Gasteiger partial charge on any atom is 0.303 e. The summed E-state index contributed by atoms with van der Waals surface area (Å²) in [4.78, 5) is 40.2. The van der Waals surface area contributed by atoms with E-state index in [0.29, 0.717) is 19.3 Å². The fraction of sp³-hybridized carbons (Fsp3) is 0.594. The van der Waals surface area contributed by atoms with Crippen LogP contribution < -0.4 is 0 Å². The fourth-order valence-corrected chi connectivity index (χ4v) is 5.56. The molecule has 0 spiro atoms. The van der Waals surface area contributed by atoms with Crippen molar-refractivity contribution >= 4 is 17.5 Å². The number of allylic oxidation sites excluding steroid dienone is 7. The van der Waals surface area contributed by atoms with Crippen molar-refractivity contribution < 1.29 is 29.3 Å². The molecule has 2 rings (SSSR count). The van der Waals surface area contributed by atoms with Gasteiger partial charge in [0.15, 0.2) is 11.6 Å². The molecule has 0 saturated carbocycles. The lowest BCUT2D eigenvalue weighted by molar-refractivity contribution is -0.138. The molecule has 1 aliphatic carbocycles. The molecule has 2 N–H and O–H groups in total. The number of carboxylic acids is 1. The zero-order valence-electron chi connectivity index (χ0n) is 24.3. The van der Waals surface area contributed by atoms with E-state index in [1.807, 2.05) is 40.7 Å². The Bertz CT molecular complexity index is 1080. The number of aliphatic hydroxyl groups excluding tert-OH is 1. The number of carbonyl (C=O) groups is 3. The maximum atomic E-state index is 14.7. The smallest absolute Gasteiger partial charge is 0.303 e. The molecular formula is C32H46O6. The Labute approximate surface area is 228 Å². The van der Waals surface area contributed by atoms with Crippen molar-refractivity contribution in [1.29, 1.82) is 0 Å². The normalized spacial score (nSPS) is 24.9. The van der Waals surface area contributed by atoms with Crippen LogP contribution in [0.4, 0.5) is 0 Å². The number of ether oxygens (including phenoxy) is 1. The average Bonchev–Trinajstić information content (AvgIpc) is 2.80. The molecule has 0 aromatic carbocycles. The van der Waals surface area contributed by atoms with Crippen molar-refractivity contribution in [1.82, 2.24) is 0 Å². The second-order valence-electron chi connectivity index (χ2n) is 11.7. The van der Waals surface area contributed by atoms with Crippen LogP contribution >= 0.6 is 0 Å². The molecule has 0 bridgehead atoms. The number of ketones is 2. The third-order valence-corrected chi connectivity index (χ3v) is 8.04. The van der Waals surface area contributed by atoms with Gasteiger partial charge < -0.3 is 14.9 Å². The Morgan fingerprint density at radius 3 is 2.26 bits per heavy atom.